The van der Waals surface area contributed by atoms with Crippen molar-refractivity contribution in [1.29, 1.82) is 0 Å². The van der Waals surface area contributed by atoms with Gasteiger partial charge in [-0.15, -0.1) is 0 Å². The topological polar surface area (TPSA) is 92.0 Å². The summed E-state index contributed by atoms with van der Waals surface area (Å²) in [4.78, 5) is 14.6. The molecule has 0 amide bonds. The molecule has 0 radical (unpaired) electrons. The van der Waals surface area contributed by atoms with Crippen molar-refractivity contribution in [2.45, 2.75) is 13.3 Å². The molecule has 2 N–H and O–H groups in total. The molecule has 2 aromatic rings. The number of nitrogens with zero attached hydrogens (tertiary/aromatic N) is 2. The molecule has 0 aromatic carbocycles. The Balaban J connectivity index is 2.36. The predicted octanol–water partition coefficient (Wildman–Crippen LogP) is 1.00. The average Bonchev–Trinajstić information content (AvgIpc) is 2.72. The largest absolute Gasteiger partial charge is 0.481 e. The lowest BCUT2D eigenvalue weighted by Gasteiger charge is -1.94. The molecule has 2 rings (SSSR count). The van der Waals surface area contributed by atoms with Crippen LogP contribution in [0, 0.1) is 6.92 Å². The van der Waals surface area contributed by atoms with E-state index in [-0.39, 0.29) is 6.42 Å². The first-order valence-corrected chi connectivity index (χ1v) is 4.33. The van der Waals surface area contributed by atoms with Gasteiger partial charge in [-0.25, -0.2) is 4.98 Å². The van der Waals surface area contributed by atoms with Gasteiger partial charge in [0.25, 0.3) is 0 Å². The van der Waals surface area contributed by atoms with Crippen LogP contribution in [0.4, 0.5) is 0 Å². The summed E-state index contributed by atoms with van der Waals surface area (Å²) in [5.41, 5.74) is 1.08. The van der Waals surface area contributed by atoms with Crippen molar-refractivity contribution in [2.75, 3.05) is 0 Å². The van der Waals surface area contributed by atoms with Gasteiger partial charge in [-0.1, -0.05) is 0 Å². The van der Waals surface area contributed by atoms with Gasteiger partial charge >= 0.3 is 5.97 Å². The minimum Gasteiger partial charge on any atom is -0.481 e. The Morgan fingerprint density at radius 1 is 1.60 bits per heavy atom. The molecular weight excluding hydrogens is 198 g/mol. The first-order chi connectivity index (χ1) is 7.16. The van der Waals surface area contributed by atoms with E-state index in [2.05, 4.69) is 15.2 Å². The van der Waals surface area contributed by atoms with E-state index in [9.17, 15) is 4.79 Å². The maximum atomic E-state index is 10.6. The molecule has 0 spiro atoms. The lowest BCUT2D eigenvalue weighted by Crippen LogP contribution is -2.00. The molecule has 0 bridgehead atoms. The van der Waals surface area contributed by atoms with Crippen LogP contribution in [0.15, 0.2) is 16.8 Å². The van der Waals surface area contributed by atoms with E-state index in [1.165, 1.54) is 6.20 Å². The number of carboxylic acids is 1. The molecule has 0 saturated carbocycles. The van der Waals surface area contributed by atoms with E-state index in [1.807, 2.05) is 0 Å². The number of aromatic nitrogens is 3. The molecule has 15 heavy (non-hydrogen) atoms. The van der Waals surface area contributed by atoms with Crippen LogP contribution in [0.1, 0.15) is 11.3 Å². The van der Waals surface area contributed by atoms with Gasteiger partial charge in [0, 0.05) is 5.56 Å². The van der Waals surface area contributed by atoms with Crippen LogP contribution < -0.4 is 0 Å². The van der Waals surface area contributed by atoms with Crippen LogP contribution >= 0.6 is 0 Å². The Hall–Kier alpha value is -2.11. The van der Waals surface area contributed by atoms with Gasteiger partial charge < -0.3 is 9.52 Å². The van der Waals surface area contributed by atoms with E-state index in [1.54, 1.807) is 13.1 Å². The van der Waals surface area contributed by atoms with E-state index >= 15 is 0 Å². The lowest BCUT2D eigenvalue weighted by molar-refractivity contribution is -0.136. The highest BCUT2D eigenvalue weighted by Crippen LogP contribution is 2.20. The van der Waals surface area contributed by atoms with Crippen molar-refractivity contribution < 1.29 is 14.3 Å². The van der Waals surface area contributed by atoms with Gasteiger partial charge in [-0.05, 0) is 6.92 Å². The Kier molecular flexibility index (Phi) is 2.24. The highest BCUT2D eigenvalue weighted by Gasteiger charge is 2.14. The van der Waals surface area contributed by atoms with E-state index < -0.39 is 5.97 Å². The predicted molar refractivity (Wildman–Crippen MR) is 50.2 cm³/mol. The summed E-state index contributed by atoms with van der Waals surface area (Å²) >= 11 is 0. The van der Waals surface area contributed by atoms with Gasteiger partial charge in [0.15, 0.2) is 0 Å². The second kappa shape index (κ2) is 3.56. The van der Waals surface area contributed by atoms with Crippen molar-refractivity contribution in [3.05, 3.63) is 23.7 Å². The Morgan fingerprint density at radius 2 is 2.40 bits per heavy atom. The smallest absolute Gasteiger partial charge is 0.307 e. The number of hydrogen-bond acceptors (Lipinski definition) is 4. The third-order valence-electron chi connectivity index (χ3n) is 1.89. The molecule has 0 aliphatic carbocycles. The maximum absolute atomic E-state index is 10.6. The number of carboxylic acid groups (broad SMARTS) is 1. The summed E-state index contributed by atoms with van der Waals surface area (Å²) < 4.78 is 5.27. The monoisotopic (exact) mass is 207 g/mol. The van der Waals surface area contributed by atoms with Crippen molar-refractivity contribution in [2.24, 2.45) is 0 Å². The highest BCUT2D eigenvalue weighted by molar-refractivity contribution is 5.73. The van der Waals surface area contributed by atoms with Crippen LogP contribution in [0.2, 0.25) is 0 Å². The number of carbonyl (C=O) groups is 1. The molecule has 0 unspecified atom stereocenters. The molecule has 6 heteroatoms. The van der Waals surface area contributed by atoms with Gasteiger partial charge in [0.2, 0.25) is 5.89 Å². The Labute approximate surface area is 85.0 Å². The Morgan fingerprint density at radius 3 is 3.00 bits per heavy atom. The zero-order chi connectivity index (χ0) is 10.8. The fraction of sp³-hybridized carbons (Fsp3) is 0.222. The normalized spacial score (nSPS) is 10.5. The molecule has 78 valence electrons. The van der Waals surface area contributed by atoms with Crippen LogP contribution in [0.5, 0.6) is 0 Å². The van der Waals surface area contributed by atoms with Crippen molar-refractivity contribution in [3.8, 4) is 11.6 Å². The molecule has 0 aliphatic rings. The van der Waals surface area contributed by atoms with Crippen LogP contribution in [-0.4, -0.2) is 26.3 Å². The van der Waals surface area contributed by atoms with E-state index in [0.717, 1.165) is 0 Å². The summed E-state index contributed by atoms with van der Waals surface area (Å²) in [6, 6.07) is 0. The lowest BCUT2D eigenvalue weighted by atomic mass is 10.2. The summed E-state index contributed by atoms with van der Waals surface area (Å²) in [6.45, 7) is 1.77. The average molecular weight is 207 g/mol. The first kappa shape index (κ1) is 9.45. The fourth-order valence-corrected chi connectivity index (χ4v) is 1.26. The van der Waals surface area contributed by atoms with Gasteiger partial charge in [-0.3, -0.25) is 9.89 Å². The van der Waals surface area contributed by atoms with E-state index in [4.69, 9.17) is 9.52 Å². The fourth-order valence-electron chi connectivity index (χ4n) is 1.26. The van der Waals surface area contributed by atoms with Gasteiger partial charge in [0.1, 0.15) is 11.5 Å². The molecule has 0 atom stereocenters. The minimum atomic E-state index is -0.916. The van der Waals surface area contributed by atoms with Crippen LogP contribution in [0.25, 0.3) is 11.6 Å². The number of nitrogens with one attached hydrogen (secondary N) is 1. The molecule has 2 aromatic heterocycles. The summed E-state index contributed by atoms with van der Waals surface area (Å²) in [5, 5.41) is 15.1. The van der Waals surface area contributed by atoms with Crippen molar-refractivity contribution >= 4 is 5.97 Å². The quantitative estimate of drug-likeness (QED) is 0.783. The van der Waals surface area contributed by atoms with Gasteiger partial charge in [0.05, 0.1) is 18.8 Å². The second-order valence-electron chi connectivity index (χ2n) is 3.12. The molecular formula is C9H9N3O3. The maximum Gasteiger partial charge on any atom is 0.307 e. The zero-order valence-corrected chi connectivity index (χ0v) is 8.02. The third-order valence-corrected chi connectivity index (χ3v) is 1.89. The number of aromatic amines is 1. The number of hydrogen-bond donors (Lipinski definition) is 2. The minimum absolute atomic E-state index is 0.104. The number of rotatable bonds is 3. The first-order valence-electron chi connectivity index (χ1n) is 4.33. The van der Waals surface area contributed by atoms with Crippen LogP contribution in [0.3, 0.4) is 0 Å². The second-order valence-corrected chi connectivity index (χ2v) is 3.12. The third kappa shape index (κ3) is 1.88. The Bertz CT molecular complexity index is 486. The molecule has 2 heterocycles. The zero-order valence-electron chi connectivity index (χ0n) is 8.02. The highest BCUT2D eigenvalue weighted by atomic mass is 16.4. The molecule has 6 nitrogen and oxygen atoms in total. The number of H-pyrrole nitrogens is 1. The standard InChI is InChI=1S/C9H9N3O3/c1-5-3-10-9(15-5)8-6(2-7(13)14)4-11-12-8/h3-4H,2H2,1H3,(H,11,12)(H,13,14). The van der Waals surface area contributed by atoms with Crippen molar-refractivity contribution in [1.82, 2.24) is 15.2 Å². The molecule has 0 saturated heterocycles. The summed E-state index contributed by atoms with van der Waals surface area (Å²) in [7, 11) is 0. The SMILES string of the molecule is Cc1cnc(-c2[nH]ncc2CC(=O)O)o1. The molecule has 0 fully saturated rings. The number of oxazole rings is 1. The molecule has 0 aliphatic heterocycles. The summed E-state index contributed by atoms with van der Waals surface area (Å²) in [5.74, 6) is 0.114. The van der Waals surface area contributed by atoms with E-state index in [0.29, 0.717) is 22.9 Å². The number of aliphatic carboxylic acids is 1. The number of aryl methyl sites for hydroxylation is 1. The van der Waals surface area contributed by atoms with Gasteiger partial charge in [-0.2, -0.15) is 5.10 Å². The van der Waals surface area contributed by atoms with Crippen LogP contribution in [-0.2, 0) is 11.2 Å². The van der Waals surface area contributed by atoms with Crippen molar-refractivity contribution in [3.63, 3.8) is 0 Å². The summed E-state index contributed by atoms with van der Waals surface area (Å²) in [6.07, 6.45) is 2.93.